The Balaban J connectivity index is 1.53. The highest BCUT2D eigenvalue weighted by Crippen LogP contribution is 2.23. The van der Waals surface area contributed by atoms with E-state index in [9.17, 15) is 9.59 Å². The lowest BCUT2D eigenvalue weighted by atomic mass is 10.1. The molecule has 0 bridgehead atoms. The SMILES string of the molecule is Cc1c(Cl)cccc1NC(=O)CCC(=O)N1CCC(c2ccccc2)=N1. The third-order valence-corrected chi connectivity index (χ3v) is 4.71. The van der Waals surface area contributed by atoms with Crippen molar-refractivity contribution in [3.05, 3.63) is 64.7 Å². The van der Waals surface area contributed by atoms with E-state index < -0.39 is 0 Å². The molecule has 0 spiro atoms. The summed E-state index contributed by atoms with van der Waals surface area (Å²) in [7, 11) is 0. The lowest BCUT2D eigenvalue weighted by Gasteiger charge is -2.12. The van der Waals surface area contributed by atoms with Crippen molar-refractivity contribution in [1.29, 1.82) is 0 Å². The number of carbonyl (C=O) groups is 2. The Morgan fingerprint density at radius 3 is 2.65 bits per heavy atom. The van der Waals surface area contributed by atoms with Crippen molar-refractivity contribution < 1.29 is 9.59 Å². The van der Waals surface area contributed by atoms with Gasteiger partial charge in [-0.15, -0.1) is 0 Å². The molecule has 5 nitrogen and oxygen atoms in total. The first-order valence-corrected chi connectivity index (χ1v) is 8.90. The molecule has 6 heteroatoms. The van der Waals surface area contributed by atoms with Gasteiger partial charge in [0.2, 0.25) is 11.8 Å². The van der Waals surface area contributed by atoms with Gasteiger partial charge in [-0.3, -0.25) is 9.59 Å². The molecule has 0 saturated carbocycles. The minimum absolute atomic E-state index is 0.109. The molecular formula is C20H20ClN3O2. The minimum Gasteiger partial charge on any atom is -0.326 e. The number of nitrogens with zero attached hydrogens (tertiary/aromatic N) is 2. The van der Waals surface area contributed by atoms with Crippen molar-refractivity contribution in [3.8, 4) is 0 Å². The van der Waals surface area contributed by atoms with E-state index in [1.54, 1.807) is 18.2 Å². The zero-order chi connectivity index (χ0) is 18.5. The molecule has 1 aliphatic heterocycles. The van der Waals surface area contributed by atoms with E-state index in [2.05, 4.69) is 10.4 Å². The first-order chi connectivity index (χ1) is 12.5. The van der Waals surface area contributed by atoms with Crippen LogP contribution in [0.2, 0.25) is 5.02 Å². The van der Waals surface area contributed by atoms with Gasteiger partial charge in [0.15, 0.2) is 0 Å². The normalized spacial score (nSPS) is 13.5. The number of benzene rings is 2. The monoisotopic (exact) mass is 369 g/mol. The second kappa shape index (κ2) is 8.15. The van der Waals surface area contributed by atoms with Crippen LogP contribution in [0.3, 0.4) is 0 Å². The molecule has 0 fully saturated rings. The second-order valence-corrected chi connectivity index (χ2v) is 6.55. The van der Waals surface area contributed by atoms with E-state index in [1.807, 2.05) is 37.3 Å². The maximum atomic E-state index is 12.3. The van der Waals surface area contributed by atoms with Gasteiger partial charge in [0.25, 0.3) is 0 Å². The van der Waals surface area contributed by atoms with Gasteiger partial charge in [-0.1, -0.05) is 48.0 Å². The van der Waals surface area contributed by atoms with Crippen LogP contribution in [0.15, 0.2) is 53.6 Å². The zero-order valence-corrected chi connectivity index (χ0v) is 15.3. The molecule has 1 N–H and O–H groups in total. The lowest BCUT2D eigenvalue weighted by Crippen LogP contribution is -2.25. The summed E-state index contributed by atoms with van der Waals surface area (Å²) < 4.78 is 0. The van der Waals surface area contributed by atoms with Crippen molar-refractivity contribution in [1.82, 2.24) is 5.01 Å². The van der Waals surface area contributed by atoms with Crippen LogP contribution in [-0.4, -0.2) is 29.1 Å². The maximum Gasteiger partial charge on any atom is 0.243 e. The standard InChI is InChI=1S/C20H20ClN3O2/c1-14-16(21)8-5-9-17(14)22-19(25)10-11-20(26)24-13-12-18(23-24)15-6-3-2-4-7-15/h2-9H,10-13H2,1H3,(H,22,25). The number of rotatable bonds is 5. The summed E-state index contributed by atoms with van der Waals surface area (Å²) in [5.74, 6) is -0.357. The average molecular weight is 370 g/mol. The van der Waals surface area contributed by atoms with E-state index in [1.165, 1.54) is 5.01 Å². The number of amides is 2. The fourth-order valence-corrected chi connectivity index (χ4v) is 2.95. The molecule has 2 aromatic rings. The van der Waals surface area contributed by atoms with Gasteiger partial charge < -0.3 is 5.32 Å². The van der Waals surface area contributed by atoms with Crippen LogP contribution >= 0.6 is 11.6 Å². The Hall–Kier alpha value is -2.66. The lowest BCUT2D eigenvalue weighted by molar-refractivity contribution is -0.132. The number of halogens is 1. The number of hydrogen-bond donors (Lipinski definition) is 1. The highest BCUT2D eigenvalue weighted by molar-refractivity contribution is 6.31. The molecular weight excluding hydrogens is 350 g/mol. The van der Waals surface area contributed by atoms with E-state index in [0.717, 1.165) is 23.3 Å². The van der Waals surface area contributed by atoms with Crippen LogP contribution in [-0.2, 0) is 9.59 Å². The van der Waals surface area contributed by atoms with Gasteiger partial charge >= 0.3 is 0 Å². The number of hydrogen-bond acceptors (Lipinski definition) is 3. The smallest absolute Gasteiger partial charge is 0.243 e. The molecule has 2 amide bonds. The molecule has 0 saturated heterocycles. The highest BCUT2D eigenvalue weighted by Gasteiger charge is 2.22. The third-order valence-electron chi connectivity index (χ3n) is 4.30. The minimum atomic E-state index is -0.213. The van der Waals surface area contributed by atoms with Gasteiger partial charge in [0.05, 0.1) is 12.3 Å². The maximum absolute atomic E-state index is 12.3. The first kappa shape index (κ1) is 18.1. The van der Waals surface area contributed by atoms with E-state index in [0.29, 0.717) is 17.3 Å². The number of hydrazone groups is 1. The molecule has 3 rings (SSSR count). The van der Waals surface area contributed by atoms with Crippen LogP contribution in [0.1, 0.15) is 30.4 Å². The predicted octanol–water partition coefficient (Wildman–Crippen LogP) is 4.00. The molecule has 26 heavy (non-hydrogen) atoms. The largest absolute Gasteiger partial charge is 0.326 e. The van der Waals surface area contributed by atoms with Crippen LogP contribution in [0.5, 0.6) is 0 Å². The number of carbonyl (C=O) groups excluding carboxylic acids is 2. The summed E-state index contributed by atoms with van der Waals surface area (Å²) in [6.45, 7) is 2.39. The molecule has 0 aliphatic carbocycles. The number of nitrogens with one attached hydrogen (secondary N) is 1. The molecule has 0 radical (unpaired) electrons. The molecule has 1 aliphatic rings. The Kier molecular flexibility index (Phi) is 5.68. The van der Waals surface area contributed by atoms with Crippen molar-refractivity contribution in [2.24, 2.45) is 5.10 Å². The van der Waals surface area contributed by atoms with Crippen LogP contribution < -0.4 is 5.32 Å². The summed E-state index contributed by atoms with van der Waals surface area (Å²) in [6.07, 6.45) is 0.957. The summed E-state index contributed by atoms with van der Waals surface area (Å²) >= 11 is 6.05. The first-order valence-electron chi connectivity index (χ1n) is 8.53. The van der Waals surface area contributed by atoms with Crippen LogP contribution in [0.4, 0.5) is 5.69 Å². The number of anilines is 1. The Morgan fingerprint density at radius 2 is 1.88 bits per heavy atom. The summed E-state index contributed by atoms with van der Waals surface area (Å²) in [6, 6.07) is 15.1. The fraction of sp³-hybridized carbons (Fsp3) is 0.250. The van der Waals surface area contributed by atoms with Crippen molar-refractivity contribution in [2.45, 2.75) is 26.2 Å². The molecule has 2 aromatic carbocycles. The van der Waals surface area contributed by atoms with Crippen molar-refractivity contribution >= 4 is 34.8 Å². The van der Waals surface area contributed by atoms with Crippen molar-refractivity contribution in [3.63, 3.8) is 0 Å². The molecule has 0 unspecified atom stereocenters. The van der Waals surface area contributed by atoms with E-state index in [-0.39, 0.29) is 24.7 Å². The summed E-state index contributed by atoms with van der Waals surface area (Å²) in [5, 5.41) is 9.25. The molecule has 0 atom stereocenters. The Labute approximate surface area is 157 Å². The van der Waals surface area contributed by atoms with Crippen LogP contribution in [0.25, 0.3) is 0 Å². The van der Waals surface area contributed by atoms with Gasteiger partial charge in [-0.2, -0.15) is 5.10 Å². The summed E-state index contributed by atoms with van der Waals surface area (Å²) in [4.78, 5) is 24.4. The third kappa shape index (κ3) is 4.29. The van der Waals surface area contributed by atoms with Gasteiger partial charge in [0, 0.05) is 30.0 Å². The van der Waals surface area contributed by atoms with Gasteiger partial charge in [-0.05, 0) is 30.2 Å². The topological polar surface area (TPSA) is 61.8 Å². The Bertz CT molecular complexity index is 849. The van der Waals surface area contributed by atoms with Crippen molar-refractivity contribution in [2.75, 3.05) is 11.9 Å². The Morgan fingerprint density at radius 1 is 1.12 bits per heavy atom. The van der Waals surface area contributed by atoms with E-state index >= 15 is 0 Å². The highest BCUT2D eigenvalue weighted by atomic mass is 35.5. The van der Waals surface area contributed by atoms with E-state index in [4.69, 9.17) is 11.6 Å². The summed E-state index contributed by atoms with van der Waals surface area (Å²) in [5.41, 5.74) is 3.40. The fourth-order valence-electron chi connectivity index (χ4n) is 2.78. The predicted molar refractivity (Wildman–Crippen MR) is 103 cm³/mol. The molecule has 1 heterocycles. The van der Waals surface area contributed by atoms with Gasteiger partial charge in [0.1, 0.15) is 0 Å². The molecule has 134 valence electrons. The van der Waals surface area contributed by atoms with Gasteiger partial charge in [-0.25, -0.2) is 5.01 Å². The van der Waals surface area contributed by atoms with Crippen LogP contribution in [0, 0.1) is 6.92 Å². The average Bonchev–Trinajstić information content (AvgIpc) is 3.14. The quantitative estimate of drug-likeness (QED) is 0.865. The molecule has 0 aromatic heterocycles. The zero-order valence-electron chi connectivity index (χ0n) is 14.5. The second-order valence-electron chi connectivity index (χ2n) is 6.14.